The Morgan fingerprint density at radius 1 is 0.969 bits per heavy atom. The average molecular weight is 466 g/mol. The van der Waals surface area contributed by atoms with Crippen LogP contribution >= 0.6 is 0 Å². The van der Waals surface area contributed by atoms with Crippen molar-refractivity contribution in [1.82, 2.24) is 0 Å². The number of aryl methyl sites for hydroxylation is 1. The van der Waals surface area contributed by atoms with Gasteiger partial charge >= 0.3 is 6.18 Å². The van der Waals surface area contributed by atoms with Gasteiger partial charge in [-0.25, -0.2) is 12.8 Å². The predicted octanol–water partition coefficient (Wildman–Crippen LogP) is 4.99. The molecular weight excluding hydrogens is 448 g/mol. The predicted molar refractivity (Wildman–Crippen MR) is 112 cm³/mol. The summed E-state index contributed by atoms with van der Waals surface area (Å²) in [4.78, 5) is 12.3. The van der Waals surface area contributed by atoms with Gasteiger partial charge in [-0.1, -0.05) is 35.9 Å². The van der Waals surface area contributed by atoms with Gasteiger partial charge in [0, 0.05) is 0 Å². The molecule has 3 aromatic rings. The molecule has 0 aliphatic rings. The van der Waals surface area contributed by atoms with Gasteiger partial charge in [0.25, 0.3) is 10.0 Å². The highest BCUT2D eigenvalue weighted by molar-refractivity contribution is 7.92. The van der Waals surface area contributed by atoms with Gasteiger partial charge in [0.15, 0.2) is 0 Å². The summed E-state index contributed by atoms with van der Waals surface area (Å²) >= 11 is 0. The number of hydrogen-bond donors (Lipinski definition) is 1. The fraction of sp³-hybridized carbons (Fsp3) is 0.136. The Labute approximate surface area is 182 Å². The van der Waals surface area contributed by atoms with Crippen LogP contribution in [0.5, 0.6) is 0 Å². The second-order valence-corrected chi connectivity index (χ2v) is 8.76. The number of nitrogens with zero attached hydrogens (tertiary/aromatic N) is 1. The number of benzene rings is 3. The van der Waals surface area contributed by atoms with E-state index in [4.69, 9.17) is 0 Å². The van der Waals surface area contributed by atoms with Gasteiger partial charge in [-0.15, -0.1) is 0 Å². The van der Waals surface area contributed by atoms with Gasteiger partial charge in [-0.05, 0) is 49.4 Å². The van der Waals surface area contributed by atoms with Crippen molar-refractivity contribution in [3.05, 3.63) is 89.7 Å². The van der Waals surface area contributed by atoms with Crippen LogP contribution in [0, 0.1) is 12.7 Å². The third-order valence-corrected chi connectivity index (χ3v) is 6.29. The molecule has 0 atom stereocenters. The van der Waals surface area contributed by atoms with Gasteiger partial charge in [0.1, 0.15) is 12.4 Å². The lowest BCUT2D eigenvalue weighted by atomic mass is 10.2. The number of halogens is 4. The quantitative estimate of drug-likeness (QED) is 0.521. The molecule has 0 fully saturated rings. The van der Waals surface area contributed by atoms with Crippen LogP contribution in [0.15, 0.2) is 77.7 Å². The number of hydrogen-bond acceptors (Lipinski definition) is 3. The second-order valence-electron chi connectivity index (χ2n) is 6.90. The standard InChI is InChI=1S/C22H18F4N2O3S/c1-15-9-11-18(12-10-15)32(30,31)28(17-6-4-5-16(13-17)22(24,25)26)14-21(29)27-20-8-3-2-7-19(20)23/h2-13H,14H2,1H3,(H,27,29). The first-order valence-electron chi connectivity index (χ1n) is 9.29. The largest absolute Gasteiger partial charge is 0.416 e. The summed E-state index contributed by atoms with van der Waals surface area (Å²) in [6, 6.07) is 14.5. The van der Waals surface area contributed by atoms with Crippen molar-refractivity contribution in [3.63, 3.8) is 0 Å². The van der Waals surface area contributed by atoms with E-state index in [2.05, 4.69) is 5.32 Å². The summed E-state index contributed by atoms with van der Waals surface area (Å²) in [5, 5.41) is 2.25. The van der Waals surface area contributed by atoms with E-state index in [1.165, 1.54) is 42.5 Å². The maximum absolute atomic E-state index is 13.9. The fourth-order valence-electron chi connectivity index (χ4n) is 2.87. The lowest BCUT2D eigenvalue weighted by molar-refractivity contribution is -0.137. The minimum atomic E-state index is -4.72. The van der Waals surface area contributed by atoms with Crippen molar-refractivity contribution in [2.75, 3.05) is 16.2 Å². The Balaban J connectivity index is 2.02. The molecule has 5 nitrogen and oxygen atoms in total. The molecule has 3 rings (SSSR count). The van der Waals surface area contributed by atoms with Gasteiger partial charge in [0.05, 0.1) is 21.8 Å². The van der Waals surface area contributed by atoms with Crippen LogP contribution in [0.1, 0.15) is 11.1 Å². The zero-order valence-corrected chi connectivity index (χ0v) is 17.5. The Bertz CT molecular complexity index is 1230. The van der Waals surface area contributed by atoms with E-state index >= 15 is 0 Å². The summed E-state index contributed by atoms with van der Waals surface area (Å²) in [5.41, 5.74) is -0.848. The summed E-state index contributed by atoms with van der Waals surface area (Å²) in [7, 11) is -4.42. The van der Waals surface area contributed by atoms with Crippen LogP contribution in [0.3, 0.4) is 0 Å². The molecule has 0 bridgehead atoms. The van der Waals surface area contributed by atoms with E-state index in [1.54, 1.807) is 6.92 Å². The molecule has 168 valence electrons. The highest BCUT2D eigenvalue weighted by Crippen LogP contribution is 2.33. The molecule has 1 N–H and O–H groups in total. The third-order valence-electron chi connectivity index (χ3n) is 4.51. The molecule has 1 amide bonds. The summed E-state index contributed by atoms with van der Waals surface area (Å²) in [5.74, 6) is -1.67. The number of para-hydroxylation sites is 1. The number of amides is 1. The normalized spacial score (nSPS) is 11.8. The first-order chi connectivity index (χ1) is 15.0. The lowest BCUT2D eigenvalue weighted by Crippen LogP contribution is -2.38. The molecule has 0 aliphatic carbocycles. The van der Waals surface area contributed by atoms with Gasteiger partial charge in [-0.3, -0.25) is 9.10 Å². The van der Waals surface area contributed by atoms with Gasteiger partial charge in [-0.2, -0.15) is 13.2 Å². The number of carbonyl (C=O) groups is 1. The molecule has 0 aliphatic heterocycles. The first kappa shape index (κ1) is 23.3. The number of alkyl halides is 3. The van der Waals surface area contributed by atoms with Crippen molar-refractivity contribution in [1.29, 1.82) is 0 Å². The smallest absolute Gasteiger partial charge is 0.322 e. The third kappa shape index (κ3) is 5.25. The first-order valence-corrected chi connectivity index (χ1v) is 10.7. The van der Waals surface area contributed by atoms with Gasteiger partial charge < -0.3 is 5.32 Å². The molecule has 0 saturated carbocycles. The lowest BCUT2D eigenvalue weighted by Gasteiger charge is -2.25. The van der Waals surface area contributed by atoms with Crippen LogP contribution in [0.2, 0.25) is 0 Å². The fourth-order valence-corrected chi connectivity index (χ4v) is 4.29. The van der Waals surface area contributed by atoms with Gasteiger partial charge in [0.2, 0.25) is 5.91 Å². The van der Waals surface area contributed by atoms with Crippen LogP contribution in [-0.4, -0.2) is 20.9 Å². The molecule has 3 aromatic carbocycles. The van der Waals surface area contributed by atoms with E-state index in [9.17, 15) is 30.8 Å². The number of carbonyl (C=O) groups excluding carboxylic acids is 1. The average Bonchev–Trinajstić information content (AvgIpc) is 2.73. The van der Waals surface area contributed by atoms with Crippen LogP contribution in [0.4, 0.5) is 28.9 Å². The summed E-state index contributed by atoms with van der Waals surface area (Å²) < 4.78 is 80.5. The SMILES string of the molecule is Cc1ccc(S(=O)(=O)N(CC(=O)Nc2ccccc2F)c2cccc(C(F)(F)F)c2)cc1. The molecule has 0 saturated heterocycles. The second kappa shape index (κ2) is 8.99. The van der Waals surface area contributed by atoms with E-state index in [0.717, 1.165) is 29.8 Å². The molecule has 0 aromatic heterocycles. The summed E-state index contributed by atoms with van der Waals surface area (Å²) in [6.07, 6.45) is -4.72. The Hall–Kier alpha value is -3.40. The minimum Gasteiger partial charge on any atom is -0.322 e. The Morgan fingerprint density at radius 2 is 1.62 bits per heavy atom. The monoisotopic (exact) mass is 466 g/mol. The van der Waals surface area contributed by atoms with Crippen molar-refractivity contribution in [2.45, 2.75) is 18.0 Å². The van der Waals surface area contributed by atoms with Crippen molar-refractivity contribution in [3.8, 4) is 0 Å². The van der Waals surface area contributed by atoms with Crippen LogP contribution < -0.4 is 9.62 Å². The maximum atomic E-state index is 13.9. The van der Waals surface area contributed by atoms with Crippen molar-refractivity contribution < 1.29 is 30.8 Å². The van der Waals surface area contributed by atoms with E-state index < -0.39 is 40.0 Å². The van der Waals surface area contributed by atoms with Crippen molar-refractivity contribution >= 4 is 27.3 Å². The molecular formula is C22H18F4N2O3S. The van der Waals surface area contributed by atoms with Crippen LogP contribution in [0.25, 0.3) is 0 Å². The summed E-state index contributed by atoms with van der Waals surface area (Å²) in [6.45, 7) is 0.870. The van der Waals surface area contributed by atoms with E-state index in [1.807, 2.05) is 0 Å². The molecule has 0 radical (unpaired) electrons. The Morgan fingerprint density at radius 3 is 2.25 bits per heavy atom. The minimum absolute atomic E-state index is 0.186. The van der Waals surface area contributed by atoms with Crippen LogP contribution in [-0.2, 0) is 21.0 Å². The molecule has 0 heterocycles. The number of anilines is 2. The molecule has 10 heteroatoms. The zero-order chi connectivity index (χ0) is 23.5. The number of sulfonamides is 1. The van der Waals surface area contributed by atoms with Crippen molar-refractivity contribution in [2.24, 2.45) is 0 Å². The maximum Gasteiger partial charge on any atom is 0.416 e. The molecule has 32 heavy (non-hydrogen) atoms. The molecule has 0 spiro atoms. The highest BCUT2D eigenvalue weighted by Gasteiger charge is 2.33. The zero-order valence-electron chi connectivity index (χ0n) is 16.7. The Kier molecular flexibility index (Phi) is 6.54. The molecule has 0 unspecified atom stereocenters. The number of rotatable bonds is 6. The van der Waals surface area contributed by atoms with E-state index in [-0.39, 0.29) is 16.3 Å². The topological polar surface area (TPSA) is 66.5 Å². The number of nitrogens with one attached hydrogen (secondary N) is 1. The van der Waals surface area contributed by atoms with E-state index in [0.29, 0.717) is 10.4 Å². The highest BCUT2D eigenvalue weighted by atomic mass is 32.2.